The summed E-state index contributed by atoms with van der Waals surface area (Å²) in [5.74, 6) is -0.596. The minimum atomic E-state index is -1.05. The Hall–Kier alpha value is -2.57. The second-order valence-electron chi connectivity index (χ2n) is 7.75. The van der Waals surface area contributed by atoms with Gasteiger partial charge in [-0.1, -0.05) is 12.8 Å². The predicted molar refractivity (Wildman–Crippen MR) is 104 cm³/mol. The average Bonchev–Trinajstić information content (AvgIpc) is 3.23. The molecule has 1 aromatic rings. The summed E-state index contributed by atoms with van der Waals surface area (Å²) in [6.07, 6.45) is 7.30. The number of nitrogens with one attached hydrogen (secondary N) is 2. The lowest BCUT2D eigenvalue weighted by atomic mass is 9.85. The number of carboxylic acid groups (broad SMARTS) is 1. The van der Waals surface area contributed by atoms with Crippen LogP contribution in [0, 0.1) is 11.8 Å². The number of carbonyl (C=O) groups is 3. The molecule has 0 atom stereocenters. The lowest BCUT2D eigenvalue weighted by molar-refractivity contribution is -0.125. The normalized spacial score (nSPS) is 22.5. The number of anilines is 1. The highest BCUT2D eigenvalue weighted by Gasteiger charge is 2.30. The summed E-state index contributed by atoms with van der Waals surface area (Å²) in [5, 5.41) is 15.1. The minimum absolute atomic E-state index is 0.0954. The second-order valence-corrected chi connectivity index (χ2v) is 7.75. The van der Waals surface area contributed by atoms with Crippen LogP contribution < -0.4 is 15.4 Å². The standard InChI is InChI=1S/C21H28N2O5/c1-28-18-12-15(21(26)27)8-11-17(18)23-20(25)14-6-9-16(10-7-14)22-19(24)13-4-2-3-5-13/h8,11-14,16H,2-7,9-10H2,1H3,(H,22,24)(H,23,25)(H,26,27). The molecule has 0 spiro atoms. The Bertz CT molecular complexity index is 734. The molecule has 2 amide bonds. The molecule has 2 aliphatic carbocycles. The maximum atomic E-state index is 12.6. The quantitative estimate of drug-likeness (QED) is 0.694. The number of benzene rings is 1. The van der Waals surface area contributed by atoms with Gasteiger partial charge in [0.15, 0.2) is 0 Å². The molecule has 152 valence electrons. The van der Waals surface area contributed by atoms with Crippen molar-refractivity contribution in [1.29, 1.82) is 0 Å². The van der Waals surface area contributed by atoms with Crippen LogP contribution in [0.4, 0.5) is 5.69 Å². The van der Waals surface area contributed by atoms with E-state index in [1.54, 1.807) is 6.07 Å². The van der Waals surface area contributed by atoms with E-state index in [0.29, 0.717) is 11.4 Å². The SMILES string of the molecule is COc1cc(C(=O)O)ccc1NC(=O)C1CCC(NC(=O)C2CCCC2)CC1. The zero-order valence-corrected chi connectivity index (χ0v) is 16.2. The van der Waals surface area contributed by atoms with Crippen LogP contribution in [0.1, 0.15) is 61.7 Å². The highest BCUT2D eigenvalue weighted by Crippen LogP contribution is 2.30. The first kappa shape index (κ1) is 20.2. The van der Waals surface area contributed by atoms with E-state index in [1.165, 1.54) is 19.2 Å². The van der Waals surface area contributed by atoms with Crippen molar-refractivity contribution in [2.45, 2.75) is 57.4 Å². The first-order valence-electron chi connectivity index (χ1n) is 10.0. The van der Waals surface area contributed by atoms with E-state index in [1.807, 2.05) is 0 Å². The van der Waals surface area contributed by atoms with Gasteiger partial charge in [-0.3, -0.25) is 9.59 Å². The summed E-state index contributed by atoms with van der Waals surface area (Å²) in [4.78, 5) is 36.0. The molecule has 0 bridgehead atoms. The van der Waals surface area contributed by atoms with Crippen LogP contribution in [0.5, 0.6) is 5.75 Å². The van der Waals surface area contributed by atoms with Crippen molar-refractivity contribution in [1.82, 2.24) is 5.32 Å². The van der Waals surface area contributed by atoms with Crippen molar-refractivity contribution in [2.24, 2.45) is 11.8 Å². The molecule has 3 N–H and O–H groups in total. The van der Waals surface area contributed by atoms with Gasteiger partial charge >= 0.3 is 5.97 Å². The van der Waals surface area contributed by atoms with Crippen LogP contribution in [0.25, 0.3) is 0 Å². The van der Waals surface area contributed by atoms with Gasteiger partial charge in [0.1, 0.15) is 5.75 Å². The molecule has 0 unspecified atom stereocenters. The van der Waals surface area contributed by atoms with E-state index < -0.39 is 5.97 Å². The Labute approximate surface area is 164 Å². The Morgan fingerprint density at radius 3 is 2.21 bits per heavy atom. The number of hydrogen-bond donors (Lipinski definition) is 3. The summed E-state index contributed by atoms with van der Waals surface area (Å²) in [6, 6.07) is 4.54. The lowest BCUT2D eigenvalue weighted by Crippen LogP contribution is -2.41. The van der Waals surface area contributed by atoms with Crippen LogP contribution in [0.3, 0.4) is 0 Å². The van der Waals surface area contributed by atoms with Crippen LogP contribution in [0.2, 0.25) is 0 Å². The molecule has 7 nitrogen and oxygen atoms in total. The monoisotopic (exact) mass is 388 g/mol. The summed E-state index contributed by atoms with van der Waals surface area (Å²) in [5.41, 5.74) is 0.572. The molecular weight excluding hydrogens is 360 g/mol. The number of ether oxygens (including phenoxy) is 1. The Morgan fingerprint density at radius 2 is 1.61 bits per heavy atom. The van der Waals surface area contributed by atoms with Gasteiger partial charge in [-0.05, 0) is 56.7 Å². The number of hydrogen-bond acceptors (Lipinski definition) is 4. The second kappa shape index (κ2) is 9.08. The average molecular weight is 388 g/mol. The fourth-order valence-electron chi connectivity index (χ4n) is 4.17. The van der Waals surface area contributed by atoms with Crippen molar-refractivity contribution in [2.75, 3.05) is 12.4 Å². The van der Waals surface area contributed by atoms with Gasteiger partial charge < -0.3 is 20.5 Å². The third-order valence-electron chi connectivity index (χ3n) is 5.88. The summed E-state index contributed by atoms with van der Waals surface area (Å²) in [6.45, 7) is 0. The van der Waals surface area contributed by atoms with Crippen LogP contribution in [0.15, 0.2) is 18.2 Å². The summed E-state index contributed by atoms with van der Waals surface area (Å²) < 4.78 is 5.21. The van der Waals surface area contributed by atoms with E-state index in [9.17, 15) is 14.4 Å². The Balaban J connectivity index is 1.51. The molecule has 0 radical (unpaired) electrons. The largest absolute Gasteiger partial charge is 0.495 e. The predicted octanol–water partition coefficient (Wildman–Crippen LogP) is 3.20. The molecule has 1 aromatic carbocycles. The van der Waals surface area contributed by atoms with Gasteiger partial charge in [-0.15, -0.1) is 0 Å². The highest BCUT2D eigenvalue weighted by molar-refractivity contribution is 5.95. The van der Waals surface area contributed by atoms with Crippen molar-refractivity contribution in [3.8, 4) is 5.75 Å². The Kier molecular flexibility index (Phi) is 6.54. The van der Waals surface area contributed by atoms with Gasteiger partial charge in [0.2, 0.25) is 11.8 Å². The molecule has 3 rings (SSSR count). The summed E-state index contributed by atoms with van der Waals surface area (Å²) >= 11 is 0. The first-order chi connectivity index (χ1) is 13.5. The first-order valence-corrected chi connectivity index (χ1v) is 10.0. The number of carboxylic acids is 1. The lowest BCUT2D eigenvalue weighted by Gasteiger charge is -2.29. The zero-order valence-electron chi connectivity index (χ0n) is 16.2. The number of methoxy groups -OCH3 is 1. The van der Waals surface area contributed by atoms with Gasteiger partial charge in [-0.2, -0.15) is 0 Å². The van der Waals surface area contributed by atoms with Crippen molar-refractivity contribution in [3.05, 3.63) is 23.8 Å². The number of aromatic carboxylic acids is 1. The highest BCUT2D eigenvalue weighted by atomic mass is 16.5. The maximum absolute atomic E-state index is 12.6. The molecule has 0 aliphatic heterocycles. The molecule has 0 saturated heterocycles. The Morgan fingerprint density at radius 1 is 0.964 bits per heavy atom. The van der Waals surface area contributed by atoms with E-state index in [-0.39, 0.29) is 35.3 Å². The molecule has 28 heavy (non-hydrogen) atoms. The van der Waals surface area contributed by atoms with Crippen molar-refractivity contribution >= 4 is 23.5 Å². The van der Waals surface area contributed by atoms with E-state index in [4.69, 9.17) is 9.84 Å². The molecule has 2 saturated carbocycles. The van der Waals surface area contributed by atoms with Crippen LogP contribution in [-0.2, 0) is 9.59 Å². The number of amides is 2. The van der Waals surface area contributed by atoms with E-state index in [2.05, 4.69) is 10.6 Å². The third-order valence-corrected chi connectivity index (χ3v) is 5.88. The molecule has 0 aromatic heterocycles. The van der Waals surface area contributed by atoms with Crippen LogP contribution in [-0.4, -0.2) is 36.0 Å². The number of rotatable bonds is 6. The fraction of sp³-hybridized carbons (Fsp3) is 0.571. The van der Waals surface area contributed by atoms with E-state index in [0.717, 1.165) is 51.4 Å². The molecule has 2 fully saturated rings. The molecule has 0 heterocycles. The fourth-order valence-corrected chi connectivity index (χ4v) is 4.17. The van der Waals surface area contributed by atoms with Crippen molar-refractivity contribution < 1.29 is 24.2 Å². The minimum Gasteiger partial charge on any atom is -0.495 e. The van der Waals surface area contributed by atoms with Gasteiger partial charge in [0.25, 0.3) is 0 Å². The third kappa shape index (κ3) is 4.82. The molecular formula is C21H28N2O5. The topological polar surface area (TPSA) is 105 Å². The summed E-state index contributed by atoms with van der Waals surface area (Å²) in [7, 11) is 1.44. The maximum Gasteiger partial charge on any atom is 0.335 e. The van der Waals surface area contributed by atoms with Gasteiger partial charge in [0, 0.05) is 17.9 Å². The van der Waals surface area contributed by atoms with Gasteiger partial charge in [0.05, 0.1) is 18.4 Å². The zero-order chi connectivity index (χ0) is 20.1. The van der Waals surface area contributed by atoms with Gasteiger partial charge in [-0.25, -0.2) is 4.79 Å². The smallest absolute Gasteiger partial charge is 0.335 e. The van der Waals surface area contributed by atoms with E-state index >= 15 is 0 Å². The van der Waals surface area contributed by atoms with Crippen LogP contribution >= 0.6 is 0 Å². The number of carbonyl (C=O) groups excluding carboxylic acids is 2. The molecule has 7 heteroatoms. The molecule has 2 aliphatic rings. The van der Waals surface area contributed by atoms with Crippen molar-refractivity contribution in [3.63, 3.8) is 0 Å².